The Hall–Kier alpha value is -1.49. The molecule has 0 aromatic heterocycles. The van der Waals surface area contributed by atoms with Crippen LogP contribution < -0.4 is 5.32 Å². The Morgan fingerprint density at radius 3 is 2.19 bits per heavy atom. The Kier molecular flexibility index (Phi) is 4.33. The summed E-state index contributed by atoms with van der Waals surface area (Å²) in [5, 5.41) is 13.0. The van der Waals surface area contributed by atoms with E-state index in [2.05, 4.69) is 19.2 Å². The smallest absolute Gasteiger partial charge is 0.251 e. The molecule has 0 atom stereocenters. The molecule has 3 nitrogen and oxygen atoms in total. The van der Waals surface area contributed by atoms with Crippen LogP contribution in [0.5, 0.6) is 0 Å². The van der Waals surface area contributed by atoms with E-state index in [1.54, 1.807) is 0 Å². The van der Waals surface area contributed by atoms with Gasteiger partial charge in [0.2, 0.25) is 0 Å². The Labute approximate surface area is 123 Å². The number of halogens is 2. The van der Waals surface area contributed by atoms with Gasteiger partial charge in [-0.25, -0.2) is 8.78 Å². The minimum Gasteiger partial charge on any atom is -0.388 e. The van der Waals surface area contributed by atoms with Crippen molar-refractivity contribution in [2.24, 2.45) is 5.41 Å². The van der Waals surface area contributed by atoms with Gasteiger partial charge in [-0.05, 0) is 43.2 Å². The van der Waals surface area contributed by atoms with Gasteiger partial charge < -0.3 is 10.4 Å². The van der Waals surface area contributed by atoms with Crippen LogP contribution in [-0.4, -0.2) is 23.2 Å². The lowest BCUT2D eigenvalue weighted by Crippen LogP contribution is -2.46. The Bertz CT molecular complexity index is 513. The van der Waals surface area contributed by atoms with Crippen molar-refractivity contribution in [1.82, 2.24) is 5.32 Å². The van der Waals surface area contributed by atoms with Crippen LogP contribution in [0.25, 0.3) is 0 Å². The van der Waals surface area contributed by atoms with Crippen molar-refractivity contribution in [3.8, 4) is 0 Å². The fourth-order valence-electron chi connectivity index (χ4n) is 2.60. The molecular formula is C16H21F2NO2. The van der Waals surface area contributed by atoms with Crippen molar-refractivity contribution >= 4 is 5.91 Å². The quantitative estimate of drug-likeness (QED) is 0.901. The van der Waals surface area contributed by atoms with E-state index in [-0.39, 0.29) is 17.5 Å². The zero-order valence-corrected chi connectivity index (χ0v) is 12.4. The van der Waals surface area contributed by atoms with E-state index in [1.807, 2.05) is 0 Å². The molecule has 1 aliphatic rings. The first kappa shape index (κ1) is 15.9. The first-order valence-corrected chi connectivity index (χ1v) is 7.16. The normalized spacial score (nSPS) is 20.0. The highest BCUT2D eigenvalue weighted by Gasteiger charge is 2.36. The molecule has 2 N–H and O–H groups in total. The maximum Gasteiger partial charge on any atom is 0.251 e. The average Bonchev–Trinajstić information content (AvgIpc) is 2.39. The minimum absolute atomic E-state index is 0.0766. The highest BCUT2D eigenvalue weighted by atomic mass is 19.1. The second kappa shape index (κ2) is 5.72. The van der Waals surface area contributed by atoms with Gasteiger partial charge in [0, 0.05) is 18.2 Å². The van der Waals surface area contributed by atoms with Crippen molar-refractivity contribution in [3.05, 3.63) is 35.4 Å². The molecule has 5 heteroatoms. The summed E-state index contributed by atoms with van der Waals surface area (Å²) in [4.78, 5) is 11.9. The average molecular weight is 297 g/mol. The molecule has 1 aromatic carbocycles. The van der Waals surface area contributed by atoms with Crippen LogP contribution in [0.3, 0.4) is 0 Å². The van der Waals surface area contributed by atoms with Crippen molar-refractivity contribution in [2.75, 3.05) is 6.54 Å². The molecule has 116 valence electrons. The highest BCUT2D eigenvalue weighted by Crippen LogP contribution is 2.39. The fourth-order valence-corrected chi connectivity index (χ4v) is 2.60. The van der Waals surface area contributed by atoms with Gasteiger partial charge in [-0.1, -0.05) is 13.8 Å². The Balaban J connectivity index is 1.95. The summed E-state index contributed by atoms with van der Waals surface area (Å²) in [5.41, 5.74) is -0.800. The lowest BCUT2D eigenvalue weighted by molar-refractivity contribution is -0.0233. The minimum atomic E-state index is -0.933. The molecule has 2 rings (SSSR count). The third-order valence-corrected chi connectivity index (χ3v) is 4.24. The number of hydrogen-bond acceptors (Lipinski definition) is 2. The third-order valence-electron chi connectivity index (χ3n) is 4.24. The number of rotatable bonds is 3. The van der Waals surface area contributed by atoms with Gasteiger partial charge in [0.05, 0.1) is 5.60 Å². The third kappa shape index (κ3) is 4.24. The first-order chi connectivity index (χ1) is 9.69. The predicted octanol–water partition coefficient (Wildman–Crippen LogP) is 3.03. The molecule has 1 amide bonds. The molecule has 0 bridgehead atoms. The Morgan fingerprint density at radius 2 is 1.67 bits per heavy atom. The van der Waals surface area contributed by atoms with Crippen LogP contribution in [0.2, 0.25) is 0 Å². The summed E-state index contributed by atoms with van der Waals surface area (Å²) >= 11 is 0. The molecular weight excluding hydrogens is 276 g/mol. The van der Waals surface area contributed by atoms with Crippen LogP contribution in [0.4, 0.5) is 8.78 Å². The maximum absolute atomic E-state index is 13.1. The predicted molar refractivity (Wildman–Crippen MR) is 75.9 cm³/mol. The van der Waals surface area contributed by atoms with Crippen molar-refractivity contribution in [3.63, 3.8) is 0 Å². The summed E-state index contributed by atoms with van der Waals surface area (Å²) < 4.78 is 26.1. The van der Waals surface area contributed by atoms with Crippen LogP contribution in [0.1, 0.15) is 49.9 Å². The molecule has 21 heavy (non-hydrogen) atoms. The zero-order valence-electron chi connectivity index (χ0n) is 12.4. The first-order valence-electron chi connectivity index (χ1n) is 7.16. The molecule has 1 fully saturated rings. The number of carbonyl (C=O) groups is 1. The summed E-state index contributed by atoms with van der Waals surface area (Å²) in [5.74, 6) is -2.16. The van der Waals surface area contributed by atoms with E-state index in [1.165, 1.54) is 0 Å². The van der Waals surface area contributed by atoms with Crippen LogP contribution in [0.15, 0.2) is 18.2 Å². The van der Waals surface area contributed by atoms with Gasteiger partial charge in [0.1, 0.15) is 11.6 Å². The molecule has 1 aliphatic carbocycles. The largest absolute Gasteiger partial charge is 0.388 e. The molecule has 0 heterocycles. The Morgan fingerprint density at radius 1 is 1.14 bits per heavy atom. The zero-order chi connectivity index (χ0) is 15.7. The van der Waals surface area contributed by atoms with Crippen molar-refractivity contribution in [1.29, 1.82) is 0 Å². The highest BCUT2D eigenvalue weighted by molar-refractivity contribution is 5.94. The van der Waals surface area contributed by atoms with Gasteiger partial charge >= 0.3 is 0 Å². The molecule has 0 spiro atoms. The summed E-state index contributed by atoms with van der Waals surface area (Å²) in [6.45, 7) is 4.40. The standard InChI is InChI=1S/C16H21F2NO2/c1-15(2)3-5-16(21,6-4-15)10-19-14(20)11-7-12(17)9-13(18)8-11/h7-9,21H,3-6,10H2,1-2H3,(H,19,20). The SMILES string of the molecule is CC1(C)CCC(O)(CNC(=O)c2cc(F)cc(F)c2)CC1. The lowest BCUT2D eigenvalue weighted by Gasteiger charge is -2.40. The maximum atomic E-state index is 13.1. The number of benzene rings is 1. The molecule has 1 aromatic rings. The molecule has 0 radical (unpaired) electrons. The van der Waals surface area contributed by atoms with Gasteiger partial charge in [0.25, 0.3) is 5.91 Å². The monoisotopic (exact) mass is 297 g/mol. The molecule has 0 saturated heterocycles. The van der Waals surface area contributed by atoms with E-state index in [4.69, 9.17) is 0 Å². The van der Waals surface area contributed by atoms with Gasteiger partial charge in [-0.2, -0.15) is 0 Å². The molecule has 0 aliphatic heterocycles. The lowest BCUT2D eigenvalue weighted by atomic mass is 9.71. The number of nitrogens with one attached hydrogen (secondary N) is 1. The van der Waals surface area contributed by atoms with E-state index in [0.29, 0.717) is 18.9 Å². The number of amides is 1. The number of carbonyl (C=O) groups excluding carboxylic acids is 1. The van der Waals surface area contributed by atoms with E-state index < -0.39 is 23.1 Å². The summed E-state index contributed by atoms with van der Waals surface area (Å²) in [7, 11) is 0. The van der Waals surface area contributed by atoms with Crippen LogP contribution in [-0.2, 0) is 0 Å². The van der Waals surface area contributed by atoms with Gasteiger partial charge in [-0.3, -0.25) is 4.79 Å². The van der Waals surface area contributed by atoms with E-state index in [0.717, 1.165) is 25.0 Å². The van der Waals surface area contributed by atoms with Crippen LogP contribution in [0, 0.1) is 17.0 Å². The van der Waals surface area contributed by atoms with Crippen molar-refractivity contribution in [2.45, 2.75) is 45.1 Å². The molecule has 0 unspecified atom stereocenters. The van der Waals surface area contributed by atoms with Gasteiger partial charge in [-0.15, -0.1) is 0 Å². The molecule has 1 saturated carbocycles. The van der Waals surface area contributed by atoms with Crippen molar-refractivity contribution < 1.29 is 18.7 Å². The topological polar surface area (TPSA) is 49.3 Å². The summed E-state index contributed by atoms with van der Waals surface area (Å²) in [6.07, 6.45) is 2.98. The van der Waals surface area contributed by atoms with E-state index in [9.17, 15) is 18.7 Å². The van der Waals surface area contributed by atoms with Crippen LogP contribution >= 0.6 is 0 Å². The number of hydrogen-bond donors (Lipinski definition) is 2. The van der Waals surface area contributed by atoms with Gasteiger partial charge in [0.15, 0.2) is 0 Å². The fraction of sp³-hybridized carbons (Fsp3) is 0.562. The van der Waals surface area contributed by atoms with E-state index >= 15 is 0 Å². The second-order valence-corrected chi connectivity index (χ2v) is 6.73. The summed E-state index contributed by atoms with van der Waals surface area (Å²) in [6, 6.07) is 2.67. The number of aliphatic hydroxyl groups is 1. The second-order valence-electron chi connectivity index (χ2n) is 6.73.